The molecule has 1 amide bonds. The molecule has 0 fully saturated rings. The molecule has 0 aliphatic carbocycles. The molecule has 0 saturated heterocycles. The molecule has 2 aromatic heterocycles. The Labute approximate surface area is 213 Å². The lowest BCUT2D eigenvalue weighted by Gasteiger charge is -2.24. The van der Waals surface area contributed by atoms with Gasteiger partial charge in [-0.2, -0.15) is 5.10 Å². The van der Waals surface area contributed by atoms with Gasteiger partial charge < -0.3 is 20.1 Å². The summed E-state index contributed by atoms with van der Waals surface area (Å²) in [7, 11) is 0. The summed E-state index contributed by atoms with van der Waals surface area (Å²) in [5, 5.41) is 4.81. The van der Waals surface area contributed by atoms with Crippen molar-refractivity contribution < 1.29 is 14.3 Å². The maximum absolute atomic E-state index is 13.6. The molecule has 3 aromatic rings. The Kier molecular flexibility index (Phi) is 8.46. The predicted octanol–water partition coefficient (Wildman–Crippen LogP) is 4.59. The molecule has 8 nitrogen and oxygen atoms in total. The Morgan fingerprint density at radius 1 is 1.06 bits per heavy atom. The van der Waals surface area contributed by atoms with Gasteiger partial charge in [-0.05, 0) is 68.3 Å². The van der Waals surface area contributed by atoms with Crippen LogP contribution in [0, 0.1) is 11.8 Å². The van der Waals surface area contributed by atoms with Crippen molar-refractivity contribution >= 4 is 11.6 Å². The number of hydrogen-bond donors (Lipinski definition) is 1. The van der Waals surface area contributed by atoms with Crippen LogP contribution >= 0.6 is 0 Å². The van der Waals surface area contributed by atoms with Gasteiger partial charge in [0, 0.05) is 18.7 Å². The van der Waals surface area contributed by atoms with Crippen LogP contribution in [0.4, 0.5) is 0 Å². The summed E-state index contributed by atoms with van der Waals surface area (Å²) in [6.07, 6.45) is 3.39. The zero-order valence-electron chi connectivity index (χ0n) is 22.0. The fraction of sp³-hybridized carbons (Fsp3) is 0.536. The van der Waals surface area contributed by atoms with E-state index in [1.165, 1.54) is 0 Å². The highest BCUT2D eigenvalue weighted by molar-refractivity contribution is 5.92. The summed E-state index contributed by atoms with van der Waals surface area (Å²) in [6, 6.07) is 9.52. The van der Waals surface area contributed by atoms with E-state index < -0.39 is 0 Å². The van der Waals surface area contributed by atoms with E-state index in [1.807, 2.05) is 33.7 Å². The van der Waals surface area contributed by atoms with E-state index in [9.17, 15) is 4.79 Å². The first kappa shape index (κ1) is 25.9. The minimum Gasteiger partial charge on any atom is -0.486 e. The van der Waals surface area contributed by atoms with E-state index in [4.69, 9.17) is 25.3 Å². The lowest BCUT2D eigenvalue weighted by molar-refractivity contribution is 0.0733. The topological polar surface area (TPSA) is 95.0 Å². The second-order valence-electron chi connectivity index (χ2n) is 10.3. The number of rotatable bonds is 11. The first-order valence-electron chi connectivity index (χ1n) is 13.2. The lowest BCUT2D eigenvalue weighted by atomic mass is 10.1. The van der Waals surface area contributed by atoms with E-state index in [1.54, 1.807) is 6.07 Å². The first-order valence-corrected chi connectivity index (χ1v) is 13.2. The predicted molar refractivity (Wildman–Crippen MR) is 142 cm³/mol. The van der Waals surface area contributed by atoms with E-state index >= 15 is 0 Å². The number of carbonyl (C=O) groups excluding carboxylic acids is 1. The van der Waals surface area contributed by atoms with Crippen molar-refractivity contribution in [2.45, 2.75) is 53.4 Å². The number of imidazole rings is 1. The number of aromatic nitrogens is 3. The molecule has 1 aliphatic heterocycles. The summed E-state index contributed by atoms with van der Waals surface area (Å²) < 4.78 is 13.6. The van der Waals surface area contributed by atoms with Crippen molar-refractivity contribution in [3.63, 3.8) is 0 Å². The summed E-state index contributed by atoms with van der Waals surface area (Å²) >= 11 is 0. The van der Waals surface area contributed by atoms with Gasteiger partial charge in [0.2, 0.25) is 0 Å². The minimum atomic E-state index is -0.0351. The molecule has 0 saturated carbocycles. The summed E-state index contributed by atoms with van der Waals surface area (Å²) in [6.45, 7) is 11.8. The third kappa shape index (κ3) is 5.81. The number of nitrogens with two attached hydrogens (primary N) is 1. The maximum Gasteiger partial charge on any atom is 0.274 e. The molecular weight excluding hydrogens is 454 g/mol. The highest BCUT2D eigenvalue weighted by Crippen LogP contribution is 2.41. The van der Waals surface area contributed by atoms with Gasteiger partial charge in [-0.1, -0.05) is 33.8 Å². The van der Waals surface area contributed by atoms with E-state index in [0.717, 1.165) is 55.1 Å². The fourth-order valence-corrected chi connectivity index (χ4v) is 4.37. The van der Waals surface area contributed by atoms with E-state index in [2.05, 4.69) is 27.7 Å². The van der Waals surface area contributed by atoms with Crippen molar-refractivity contribution in [2.24, 2.45) is 17.6 Å². The number of hydrogen-bond acceptors (Lipinski definition) is 6. The highest BCUT2D eigenvalue weighted by Gasteiger charge is 2.24. The smallest absolute Gasteiger partial charge is 0.274 e. The van der Waals surface area contributed by atoms with Crippen LogP contribution in [0.1, 0.15) is 63.1 Å². The Morgan fingerprint density at radius 3 is 2.47 bits per heavy atom. The largest absolute Gasteiger partial charge is 0.486 e. The number of aryl methyl sites for hydroxylation is 1. The average Bonchev–Trinajstić information content (AvgIpc) is 3.23. The van der Waals surface area contributed by atoms with Gasteiger partial charge in [-0.3, -0.25) is 4.79 Å². The van der Waals surface area contributed by atoms with Crippen LogP contribution in [0.15, 0.2) is 30.3 Å². The number of carbonyl (C=O) groups is 1. The number of para-hydroxylation sites is 1. The number of amides is 1. The number of nitrogens with zero attached hydrogens (tertiary/aromatic N) is 4. The molecule has 1 aliphatic rings. The molecular formula is C28H39N5O3. The van der Waals surface area contributed by atoms with Crippen LogP contribution in [0.2, 0.25) is 0 Å². The Balaban J connectivity index is 1.74. The van der Waals surface area contributed by atoms with E-state index in [0.29, 0.717) is 55.1 Å². The summed E-state index contributed by atoms with van der Waals surface area (Å²) in [5.74, 6) is 2.43. The second-order valence-corrected chi connectivity index (χ2v) is 10.3. The van der Waals surface area contributed by atoms with Crippen molar-refractivity contribution in [3.8, 4) is 22.8 Å². The van der Waals surface area contributed by atoms with Crippen molar-refractivity contribution in [1.82, 2.24) is 19.5 Å². The van der Waals surface area contributed by atoms with Gasteiger partial charge in [0.25, 0.3) is 5.91 Å². The molecule has 4 rings (SSSR count). The van der Waals surface area contributed by atoms with Crippen LogP contribution in [0.25, 0.3) is 16.9 Å². The minimum absolute atomic E-state index is 0.0351. The molecule has 0 unspecified atom stereocenters. The molecule has 3 heterocycles. The zero-order chi connectivity index (χ0) is 25.7. The van der Waals surface area contributed by atoms with Crippen molar-refractivity contribution in [1.29, 1.82) is 0 Å². The normalized spacial score (nSPS) is 13.1. The second kappa shape index (κ2) is 11.7. The van der Waals surface area contributed by atoms with Gasteiger partial charge in [0.05, 0.1) is 11.4 Å². The quantitative estimate of drug-likeness (QED) is 0.420. The average molecular weight is 494 g/mol. The molecule has 194 valence electrons. The van der Waals surface area contributed by atoms with Crippen molar-refractivity contribution in [3.05, 3.63) is 41.7 Å². The molecule has 0 bridgehead atoms. The highest BCUT2D eigenvalue weighted by atomic mass is 16.6. The van der Waals surface area contributed by atoms with Crippen LogP contribution in [0.5, 0.6) is 11.5 Å². The first-order chi connectivity index (χ1) is 17.4. The van der Waals surface area contributed by atoms with E-state index in [-0.39, 0.29) is 5.91 Å². The van der Waals surface area contributed by atoms with Gasteiger partial charge in [-0.15, -0.1) is 0 Å². The Bertz CT molecular complexity index is 1180. The third-order valence-corrected chi connectivity index (χ3v) is 6.47. The monoisotopic (exact) mass is 493 g/mol. The maximum atomic E-state index is 13.6. The Morgan fingerprint density at radius 2 is 1.78 bits per heavy atom. The number of benzene rings is 1. The van der Waals surface area contributed by atoms with Gasteiger partial charge in [0.1, 0.15) is 18.9 Å². The third-order valence-electron chi connectivity index (χ3n) is 6.47. The molecule has 0 spiro atoms. The zero-order valence-corrected chi connectivity index (χ0v) is 22.0. The van der Waals surface area contributed by atoms with Crippen LogP contribution in [-0.4, -0.2) is 58.3 Å². The fourth-order valence-electron chi connectivity index (χ4n) is 4.37. The summed E-state index contributed by atoms with van der Waals surface area (Å²) in [5.41, 5.74) is 9.57. The van der Waals surface area contributed by atoms with Crippen LogP contribution in [-0.2, 0) is 6.42 Å². The van der Waals surface area contributed by atoms with Crippen molar-refractivity contribution in [2.75, 3.05) is 32.8 Å². The van der Waals surface area contributed by atoms with Crippen LogP contribution in [0.3, 0.4) is 0 Å². The van der Waals surface area contributed by atoms with Gasteiger partial charge in [0.15, 0.2) is 17.1 Å². The molecule has 2 N–H and O–H groups in total. The number of ether oxygens (including phenoxy) is 2. The van der Waals surface area contributed by atoms with Gasteiger partial charge >= 0.3 is 0 Å². The van der Waals surface area contributed by atoms with Gasteiger partial charge in [-0.25, -0.2) is 9.50 Å². The Hall–Kier alpha value is -3.13. The standard InChI is InChI=1S/C28H39N5O3/c1-19(2)12-15-32(16-13-20(3)4)28(34)22-10-11-25-30-26(23(8-6-14-29)33(25)31-22)21-7-5-9-24-27(21)36-18-17-35-24/h5,7,9-11,19-20H,6,8,12-18,29H2,1-4H3. The molecule has 36 heavy (non-hydrogen) atoms. The summed E-state index contributed by atoms with van der Waals surface area (Å²) in [4.78, 5) is 20.4. The lowest BCUT2D eigenvalue weighted by Crippen LogP contribution is -2.35. The van der Waals surface area contributed by atoms with Crippen LogP contribution < -0.4 is 15.2 Å². The SMILES string of the molecule is CC(C)CCN(CCC(C)C)C(=O)c1ccc2nc(-c3cccc4c3OCCO4)c(CCCN)n2n1. The number of fused-ring (bicyclic) bond motifs is 2. The molecule has 1 aromatic carbocycles. The molecule has 0 atom stereocenters. The molecule has 0 radical (unpaired) electrons. The molecule has 8 heteroatoms.